The van der Waals surface area contributed by atoms with Gasteiger partial charge in [-0.15, -0.1) is 11.3 Å². The van der Waals surface area contributed by atoms with Gasteiger partial charge in [0.15, 0.2) is 0 Å². The van der Waals surface area contributed by atoms with Gasteiger partial charge in [0.05, 0.1) is 28.8 Å². The van der Waals surface area contributed by atoms with Crippen molar-refractivity contribution in [3.05, 3.63) is 75.7 Å². The third-order valence-corrected chi connectivity index (χ3v) is 8.95. The predicted molar refractivity (Wildman–Crippen MR) is 133 cm³/mol. The van der Waals surface area contributed by atoms with Crippen molar-refractivity contribution in [2.45, 2.75) is 37.5 Å². The van der Waals surface area contributed by atoms with Crippen molar-refractivity contribution >= 4 is 43.9 Å². The number of methoxy groups -OCH3 is 1. The van der Waals surface area contributed by atoms with Gasteiger partial charge in [-0.25, -0.2) is 13.2 Å². The minimum Gasteiger partial charge on any atom is -0.465 e. The van der Waals surface area contributed by atoms with Crippen LogP contribution in [-0.2, 0) is 27.6 Å². The van der Waals surface area contributed by atoms with Crippen LogP contribution < -0.4 is 9.62 Å². The molecule has 1 aliphatic carbocycles. The third-order valence-electron chi connectivity index (χ3n) is 5.96. The number of sulfonamides is 1. The van der Waals surface area contributed by atoms with Crippen LogP contribution in [0.4, 0.5) is 10.7 Å². The van der Waals surface area contributed by atoms with Gasteiger partial charge in [-0.3, -0.25) is 9.10 Å². The second-order valence-electron chi connectivity index (χ2n) is 8.16. The lowest BCUT2D eigenvalue weighted by atomic mass is 9.95. The molecule has 0 radical (unpaired) electrons. The third kappa shape index (κ3) is 4.45. The van der Waals surface area contributed by atoms with Crippen LogP contribution in [0.1, 0.15) is 49.6 Å². The normalized spacial score (nSPS) is 13.1. The molecule has 0 unspecified atom stereocenters. The Kier molecular flexibility index (Phi) is 6.77. The van der Waals surface area contributed by atoms with Crippen LogP contribution in [0, 0.1) is 6.92 Å². The van der Waals surface area contributed by atoms with Crippen LogP contribution in [-0.4, -0.2) is 34.5 Å². The summed E-state index contributed by atoms with van der Waals surface area (Å²) in [5.74, 6) is -0.979. The smallest absolute Gasteiger partial charge is 0.341 e. The summed E-state index contributed by atoms with van der Waals surface area (Å²) in [7, 11) is -1.14. The fraction of sp³-hybridized carbons (Fsp3) is 0.280. The number of carbonyl (C=O) groups is 2. The number of rotatable bonds is 6. The topological polar surface area (TPSA) is 92.8 Å². The summed E-state index contributed by atoms with van der Waals surface area (Å²) >= 11 is 1.38. The summed E-state index contributed by atoms with van der Waals surface area (Å²) < 4.78 is 32.5. The number of fused-ring (bicyclic) bond motifs is 1. The molecule has 1 aromatic heterocycles. The van der Waals surface area contributed by atoms with Gasteiger partial charge < -0.3 is 10.1 Å². The molecule has 7 nitrogen and oxygen atoms in total. The zero-order valence-electron chi connectivity index (χ0n) is 19.3. The van der Waals surface area contributed by atoms with Gasteiger partial charge in [-0.1, -0.05) is 29.8 Å². The molecule has 1 amide bonds. The minimum atomic E-state index is -3.88. The van der Waals surface area contributed by atoms with Crippen molar-refractivity contribution in [1.29, 1.82) is 0 Å². The van der Waals surface area contributed by atoms with E-state index in [2.05, 4.69) is 5.32 Å². The highest BCUT2D eigenvalue weighted by Crippen LogP contribution is 2.39. The maximum Gasteiger partial charge on any atom is 0.341 e. The molecule has 1 heterocycles. The monoisotopic (exact) mass is 498 g/mol. The first-order valence-corrected chi connectivity index (χ1v) is 13.2. The average Bonchev–Trinajstić information content (AvgIpc) is 3.21. The van der Waals surface area contributed by atoms with Gasteiger partial charge in [-0.2, -0.15) is 0 Å². The van der Waals surface area contributed by atoms with Crippen LogP contribution in [0.15, 0.2) is 53.4 Å². The van der Waals surface area contributed by atoms with E-state index >= 15 is 0 Å². The van der Waals surface area contributed by atoms with E-state index < -0.39 is 21.9 Å². The lowest BCUT2D eigenvalue weighted by molar-refractivity contribution is 0.0601. The molecule has 0 fully saturated rings. The summed E-state index contributed by atoms with van der Waals surface area (Å²) in [6, 6.07) is 13.0. The number of amides is 1. The fourth-order valence-corrected chi connectivity index (χ4v) is 6.57. The highest BCUT2D eigenvalue weighted by Gasteiger charge is 2.29. The van der Waals surface area contributed by atoms with E-state index in [1.807, 2.05) is 6.92 Å². The summed E-state index contributed by atoms with van der Waals surface area (Å²) in [5.41, 5.74) is 2.70. The second-order valence-corrected chi connectivity index (χ2v) is 11.2. The summed E-state index contributed by atoms with van der Waals surface area (Å²) in [6.45, 7) is 1.88. The zero-order valence-corrected chi connectivity index (χ0v) is 20.9. The van der Waals surface area contributed by atoms with Crippen LogP contribution in [0.2, 0.25) is 0 Å². The van der Waals surface area contributed by atoms with Crippen molar-refractivity contribution < 1.29 is 22.7 Å². The number of hydrogen-bond acceptors (Lipinski definition) is 6. The number of para-hydroxylation sites is 1. The molecule has 1 aliphatic rings. The number of thiophene rings is 1. The highest BCUT2D eigenvalue weighted by molar-refractivity contribution is 7.92. The van der Waals surface area contributed by atoms with Crippen LogP contribution in [0.3, 0.4) is 0 Å². The maximum absolute atomic E-state index is 13.3. The number of anilines is 2. The predicted octanol–water partition coefficient (Wildman–Crippen LogP) is 4.80. The second kappa shape index (κ2) is 9.60. The first kappa shape index (κ1) is 24.0. The number of esters is 1. The first-order chi connectivity index (χ1) is 16.2. The molecule has 9 heteroatoms. The van der Waals surface area contributed by atoms with Gasteiger partial charge in [0, 0.05) is 11.9 Å². The van der Waals surface area contributed by atoms with Crippen LogP contribution >= 0.6 is 11.3 Å². The molecule has 0 atom stereocenters. The lowest BCUT2D eigenvalue weighted by Gasteiger charge is -2.22. The lowest BCUT2D eigenvalue weighted by Crippen LogP contribution is -2.29. The van der Waals surface area contributed by atoms with Gasteiger partial charge in [0.1, 0.15) is 5.00 Å². The number of hydrogen-bond donors (Lipinski definition) is 1. The molecular formula is C25H26N2O5S2. The Morgan fingerprint density at radius 3 is 2.41 bits per heavy atom. The Labute approximate surface area is 203 Å². The van der Waals surface area contributed by atoms with Crippen molar-refractivity contribution in [2.24, 2.45) is 0 Å². The quantitative estimate of drug-likeness (QED) is 0.493. The van der Waals surface area contributed by atoms with E-state index in [9.17, 15) is 18.0 Å². The molecule has 3 aromatic rings. The Morgan fingerprint density at radius 1 is 1.03 bits per heavy atom. The summed E-state index contributed by atoms with van der Waals surface area (Å²) in [4.78, 5) is 27.1. The standard InChI is InChI=1S/C25H26N2O5S2/c1-16-12-14-17(15-13-16)34(30,31)27(2)20-10-6-4-8-18(20)23(28)26-24-22(25(29)32-3)19-9-5-7-11-21(19)33-24/h4,6,8,10,12-15H,5,7,9,11H2,1-3H3,(H,26,28). The summed E-state index contributed by atoms with van der Waals surface area (Å²) in [6.07, 6.45) is 3.63. The Bertz CT molecular complexity index is 1340. The van der Waals surface area contributed by atoms with Crippen molar-refractivity contribution in [1.82, 2.24) is 0 Å². The molecule has 4 rings (SSSR count). The number of aryl methyl sites for hydroxylation is 2. The molecule has 1 N–H and O–H groups in total. The number of nitrogens with one attached hydrogen (secondary N) is 1. The van der Waals surface area contributed by atoms with E-state index in [0.29, 0.717) is 10.6 Å². The fourth-order valence-electron chi connectivity index (χ4n) is 4.08. The molecule has 178 valence electrons. The van der Waals surface area contributed by atoms with Gasteiger partial charge in [0.2, 0.25) is 0 Å². The van der Waals surface area contributed by atoms with Crippen LogP contribution in [0.25, 0.3) is 0 Å². The first-order valence-electron chi connectivity index (χ1n) is 10.9. The van der Waals surface area contributed by atoms with E-state index in [1.165, 1.54) is 25.5 Å². The molecule has 0 aliphatic heterocycles. The Morgan fingerprint density at radius 2 is 1.71 bits per heavy atom. The van der Waals surface area contributed by atoms with E-state index in [-0.39, 0.29) is 16.1 Å². The van der Waals surface area contributed by atoms with Gasteiger partial charge >= 0.3 is 5.97 Å². The molecular weight excluding hydrogens is 472 g/mol. The SMILES string of the molecule is COC(=O)c1c(NC(=O)c2ccccc2N(C)S(=O)(=O)c2ccc(C)cc2)sc2c1CCCC2. The molecule has 0 saturated heterocycles. The zero-order chi connectivity index (χ0) is 24.5. The Hall–Kier alpha value is -3.17. The van der Waals surface area contributed by atoms with Crippen LogP contribution in [0.5, 0.6) is 0 Å². The largest absolute Gasteiger partial charge is 0.465 e. The number of ether oxygens (including phenoxy) is 1. The Balaban J connectivity index is 1.69. The molecule has 0 spiro atoms. The minimum absolute atomic E-state index is 0.134. The van der Waals surface area contributed by atoms with Gasteiger partial charge in [-0.05, 0) is 62.4 Å². The number of benzene rings is 2. The summed E-state index contributed by atoms with van der Waals surface area (Å²) in [5, 5.41) is 3.28. The number of carbonyl (C=O) groups excluding carboxylic acids is 2. The van der Waals surface area contributed by atoms with E-state index in [4.69, 9.17) is 4.74 Å². The molecule has 0 bridgehead atoms. The van der Waals surface area contributed by atoms with Crippen molar-refractivity contribution in [3.63, 3.8) is 0 Å². The average molecular weight is 499 g/mol. The highest BCUT2D eigenvalue weighted by atomic mass is 32.2. The molecule has 34 heavy (non-hydrogen) atoms. The number of nitrogens with zero attached hydrogens (tertiary/aromatic N) is 1. The van der Waals surface area contributed by atoms with Crippen molar-refractivity contribution in [2.75, 3.05) is 23.8 Å². The molecule has 0 saturated carbocycles. The molecule has 2 aromatic carbocycles. The van der Waals surface area contributed by atoms with Gasteiger partial charge in [0.25, 0.3) is 15.9 Å². The van der Waals surface area contributed by atoms with E-state index in [0.717, 1.165) is 46.0 Å². The van der Waals surface area contributed by atoms with E-state index in [1.54, 1.807) is 48.5 Å². The maximum atomic E-state index is 13.3. The van der Waals surface area contributed by atoms with Crippen molar-refractivity contribution in [3.8, 4) is 0 Å².